The van der Waals surface area contributed by atoms with E-state index in [-0.39, 0.29) is 5.91 Å². The quantitative estimate of drug-likeness (QED) is 0.922. The SMILES string of the molecule is CCN(CCc1ccncc1)C(=O)c1n[nH]c2c1CCCC2. The molecule has 0 atom stereocenters. The second kappa shape index (κ2) is 6.73. The highest BCUT2D eigenvalue weighted by atomic mass is 16.2. The zero-order chi connectivity index (χ0) is 15.4. The molecule has 0 bridgehead atoms. The normalized spacial score (nSPS) is 13.7. The Morgan fingerprint density at radius 2 is 2.05 bits per heavy atom. The van der Waals surface area contributed by atoms with Crippen LogP contribution in [0.4, 0.5) is 0 Å². The fourth-order valence-corrected chi connectivity index (χ4v) is 3.02. The third-order valence-electron chi connectivity index (χ3n) is 4.35. The Balaban J connectivity index is 1.70. The zero-order valence-corrected chi connectivity index (χ0v) is 13.0. The van der Waals surface area contributed by atoms with Crippen LogP contribution in [0, 0.1) is 0 Å². The van der Waals surface area contributed by atoms with E-state index in [1.165, 1.54) is 12.0 Å². The number of hydrogen-bond donors (Lipinski definition) is 1. The van der Waals surface area contributed by atoms with Crippen molar-refractivity contribution in [3.8, 4) is 0 Å². The average Bonchev–Trinajstić information content (AvgIpc) is 3.00. The molecule has 5 nitrogen and oxygen atoms in total. The molecule has 0 radical (unpaired) electrons. The van der Waals surface area contributed by atoms with Crippen molar-refractivity contribution in [2.24, 2.45) is 0 Å². The van der Waals surface area contributed by atoms with Crippen LogP contribution in [0.2, 0.25) is 0 Å². The lowest BCUT2D eigenvalue weighted by Gasteiger charge is -2.21. The molecule has 3 rings (SSSR count). The minimum atomic E-state index is 0.0518. The first-order chi connectivity index (χ1) is 10.8. The number of hydrogen-bond acceptors (Lipinski definition) is 3. The van der Waals surface area contributed by atoms with Gasteiger partial charge in [-0.15, -0.1) is 0 Å². The second-order valence-corrected chi connectivity index (χ2v) is 5.73. The summed E-state index contributed by atoms with van der Waals surface area (Å²) < 4.78 is 0. The van der Waals surface area contributed by atoms with Crippen LogP contribution >= 0.6 is 0 Å². The number of aromatic nitrogens is 3. The maximum absolute atomic E-state index is 12.8. The Hall–Kier alpha value is -2.17. The van der Waals surface area contributed by atoms with E-state index in [0.29, 0.717) is 18.8 Å². The van der Waals surface area contributed by atoms with Crippen LogP contribution in [0.5, 0.6) is 0 Å². The molecule has 22 heavy (non-hydrogen) atoms. The van der Waals surface area contributed by atoms with Crippen molar-refractivity contribution < 1.29 is 4.79 Å². The van der Waals surface area contributed by atoms with Crippen molar-refractivity contribution in [2.45, 2.75) is 39.0 Å². The van der Waals surface area contributed by atoms with Gasteiger partial charge in [-0.25, -0.2) is 0 Å². The van der Waals surface area contributed by atoms with E-state index in [0.717, 1.165) is 36.9 Å². The summed E-state index contributed by atoms with van der Waals surface area (Å²) in [5.74, 6) is 0.0518. The molecule has 0 aromatic carbocycles. The number of nitrogens with one attached hydrogen (secondary N) is 1. The van der Waals surface area contributed by atoms with Crippen LogP contribution in [0.1, 0.15) is 47.1 Å². The molecular weight excluding hydrogens is 276 g/mol. The lowest BCUT2D eigenvalue weighted by molar-refractivity contribution is 0.0759. The average molecular weight is 298 g/mol. The molecule has 1 aliphatic rings. The number of nitrogens with zero attached hydrogens (tertiary/aromatic N) is 3. The molecule has 2 heterocycles. The van der Waals surface area contributed by atoms with E-state index < -0.39 is 0 Å². The number of fused-ring (bicyclic) bond motifs is 1. The second-order valence-electron chi connectivity index (χ2n) is 5.73. The van der Waals surface area contributed by atoms with Gasteiger partial charge in [0.2, 0.25) is 0 Å². The van der Waals surface area contributed by atoms with Crippen LogP contribution in [-0.4, -0.2) is 39.1 Å². The van der Waals surface area contributed by atoms with Gasteiger partial charge in [0, 0.05) is 36.7 Å². The molecule has 1 N–H and O–H groups in total. The monoisotopic (exact) mass is 298 g/mol. The topological polar surface area (TPSA) is 61.9 Å². The summed E-state index contributed by atoms with van der Waals surface area (Å²) in [5, 5.41) is 7.35. The van der Waals surface area contributed by atoms with Crippen LogP contribution in [0.3, 0.4) is 0 Å². The lowest BCUT2D eigenvalue weighted by atomic mass is 9.95. The van der Waals surface area contributed by atoms with Crippen molar-refractivity contribution >= 4 is 5.91 Å². The van der Waals surface area contributed by atoms with Gasteiger partial charge >= 0.3 is 0 Å². The predicted molar refractivity (Wildman–Crippen MR) is 84.7 cm³/mol. The Kier molecular flexibility index (Phi) is 4.51. The number of pyridine rings is 1. The first kappa shape index (κ1) is 14.8. The van der Waals surface area contributed by atoms with Crippen LogP contribution in [-0.2, 0) is 19.3 Å². The van der Waals surface area contributed by atoms with Crippen molar-refractivity contribution in [1.82, 2.24) is 20.1 Å². The Morgan fingerprint density at radius 3 is 2.82 bits per heavy atom. The van der Waals surface area contributed by atoms with Gasteiger partial charge in [-0.05, 0) is 56.7 Å². The first-order valence-electron chi connectivity index (χ1n) is 8.04. The minimum Gasteiger partial charge on any atom is -0.337 e. The maximum atomic E-state index is 12.8. The lowest BCUT2D eigenvalue weighted by Crippen LogP contribution is -2.33. The van der Waals surface area contributed by atoms with Crippen LogP contribution in [0.15, 0.2) is 24.5 Å². The summed E-state index contributed by atoms with van der Waals surface area (Å²) in [5.41, 5.74) is 4.12. The van der Waals surface area contributed by atoms with Gasteiger partial charge in [0.25, 0.3) is 5.91 Å². The molecule has 2 aromatic heterocycles. The highest BCUT2D eigenvalue weighted by Crippen LogP contribution is 2.23. The van der Waals surface area contributed by atoms with E-state index >= 15 is 0 Å². The van der Waals surface area contributed by atoms with Gasteiger partial charge in [-0.2, -0.15) is 5.10 Å². The maximum Gasteiger partial charge on any atom is 0.274 e. The van der Waals surface area contributed by atoms with Crippen molar-refractivity contribution in [3.63, 3.8) is 0 Å². The number of likely N-dealkylation sites (N-methyl/N-ethyl adjacent to an activating group) is 1. The molecule has 0 unspecified atom stereocenters. The van der Waals surface area contributed by atoms with E-state index in [1.54, 1.807) is 12.4 Å². The summed E-state index contributed by atoms with van der Waals surface area (Å²) in [6.45, 7) is 3.43. The minimum absolute atomic E-state index is 0.0518. The van der Waals surface area contributed by atoms with E-state index in [9.17, 15) is 4.79 Å². The summed E-state index contributed by atoms with van der Waals surface area (Å²) in [7, 11) is 0. The van der Waals surface area contributed by atoms with Crippen molar-refractivity contribution in [3.05, 3.63) is 47.0 Å². The molecule has 5 heteroatoms. The summed E-state index contributed by atoms with van der Waals surface area (Å²) in [6, 6.07) is 3.99. The Bertz CT molecular complexity index is 635. The molecular formula is C17H22N4O. The third-order valence-corrected chi connectivity index (χ3v) is 4.35. The Morgan fingerprint density at radius 1 is 1.27 bits per heavy atom. The molecule has 0 saturated heterocycles. The highest BCUT2D eigenvalue weighted by Gasteiger charge is 2.24. The van der Waals surface area contributed by atoms with Crippen molar-refractivity contribution in [1.29, 1.82) is 0 Å². The van der Waals surface area contributed by atoms with E-state index in [2.05, 4.69) is 15.2 Å². The molecule has 116 valence electrons. The molecule has 0 aliphatic heterocycles. The number of carbonyl (C=O) groups excluding carboxylic acids is 1. The number of carbonyl (C=O) groups is 1. The molecule has 0 saturated carbocycles. The molecule has 1 amide bonds. The Labute approximate surface area is 130 Å². The van der Waals surface area contributed by atoms with Gasteiger partial charge in [-0.1, -0.05) is 0 Å². The number of aromatic amines is 1. The molecule has 0 spiro atoms. The number of amides is 1. The predicted octanol–water partition coefficient (Wildman–Crippen LogP) is 2.39. The summed E-state index contributed by atoms with van der Waals surface area (Å²) in [6.07, 6.45) is 8.73. The molecule has 0 fully saturated rings. The van der Waals surface area contributed by atoms with Crippen LogP contribution in [0.25, 0.3) is 0 Å². The fourth-order valence-electron chi connectivity index (χ4n) is 3.02. The van der Waals surface area contributed by atoms with Gasteiger partial charge < -0.3 is 4.90 Å². The number of rotatable bonds is 5. The van der Waals surface area contributed by atoms with Crippen LogP contribution < -0.4 is 0 Å². The highest BCUT2D eigenvalue weighted by molar-refractivity contribution is 5.94. The smallest absolute Gasteiger partial charge is 0.274 e. The number of aryl methyl sites for hydroxylation is 1. The zero-order valence-electron chi connectivity index (χ0n) is 13.0. The molecule has 2 aromatic rings. The third kappa shape index (κ3) is 3.03. The van der Waals surface area contributed by atoms with Gasteiger partial charge in [0.15, 0.2) is 5.69 Å². The first-order valence-corrected chi connectivity index (χ1v) is 8.04. The standard InChI is InChI=1S/C17H22N4O/c1-2-21(12-9-13-7-10-18-11-8-13)17(22)16-14-5-3-4-6-15(14)19-20-16/h7-8,10-11H,2-6,9,12H2,1H3,(H,19,20). The number of H-pyrrole nitrogens is 1. The molecule has 1 aliphatic carbocycles. The van der Waals surface area contributed by atoms with Crippen molar-refractivity contribution in [2.75, 3.05) is 13.1 Å². The van der Waals surface area contributed by atoms with E-state index in [1.807, 2.05) is 24.0 Å². The van der Waals surface area contributed by atoms with Gasteiger partial charge in [0.05, 0.1) is 0 Å². The largest absolute Gasteiger partial charge is 0.337 e. The summed E-state index contributed by atoms with van der Waals surface area (Å²) in [4.78, 5) is 18.7. The van der Waals surface area contributed by atoms with Gasteiger partial charge in [0.1, 0.15) is 0 Å². The summed E-state index contributed by atoms with van der Waals surface area (Å²) >= 11 is 0. The van der Waals surface area contributed by atoms with E-state index in [4.69, 9.17) is 0 Å². The van der Waals surface area contributed by atoms with Gasteiger partial charge in [-0.3, -0.25) is 14.9 Å². The fraction of sp³-hybridized carbons (Fsp3) is 0.471.